The second-order valence-corrected chi connectivity index (χ2v) is 5.45. The van der Waals surface area contributed by atoms with Crippen LogP contribution in [0.3, 0.4) is 0 Å². The molecular formula is C16H15FN4O3. The number of aliphatic carboxylic acids is 1. The normalized spacial score (nSPS) is 18.2. The van der Waals surface area contributed by atoms with Gasteiger partial charge in [-0.3, -0.25) is 0 Å². The summed E-state index contributed by atoms with van der Waals surface area (Å²) in [6.45, 7) is -0.532. The van der Waals surface area contributed by atoms with E-state index in [4.69, 9.17) is 15.7 Å². The molecule has 1 aliphatic rings. The van der Waals surface area contributed by atoms with E-state index in [1.165, 1.54) is 12.1 Å². The summed E-state index contributed by atoms with van der Waals surface area (Å²) in [6, 6.07) is 6.23. The summed E-state index contributed by atoms with van der Waals surface area (Å²) in [5.41, 5.74) is 8.53. The molecule has 0 radical (unpaired) electrons. The predicted octanol–water partition coefficient (Wildman–Crippen LogP) is 1.73. The number of aromatic nitrogens is 2. The monoisotopic (exact) mass is 330 g/mol. The molecule has 1 aromatic carbocycles. The van der Waals surface area contributed by atoms with Crippen LogP contribution in [0.5, 0.6) is 0 Å². The van der Waals surface area contributed by atoms with Crippen LogP contribution in [0.1, 0.15) is 29.2 Å². The highest BCUT2D eigenvalue weighted by Crippen LogP contribution is 2.32. The van der Waals surface area contributed by atoms with E-state index >= 15 is 0 Å². The Morgan fingerprint density at radius 2 is 2.12 bits per heavy atom. The van der Waals surface area contributed by atoms with E-state index in [1.54, 1.807) is 18.3 Å². The maximum atomic E-state index is 13.1. The Labute approximate surface area is 137 Å². The number of rotatable bonds is 4. The Morgan fingerprint density at radius 1 is 1.38 bits per heavy atom. The molecule has 0 aliphatic heterocycles. The lowest BCUT2D eigenvalue weighted by molar-refractivity contribution is -0.142. The second-order valence-electron chi connectivity index (χ2n) is 5.45. The van der Waals surface area contributed by atoms with Crippen molar-refractivity contribution in [1.82, 2.24) is 9.97 Å². The first kappa shape index (κ1) is 15.9. The van der Waals surface area contributed by atoms with E-state index in [2.05, 4.69) is 15.1 Å². The summed E-state index contributed by atoms with van der Waals surface area (Å²) in [5.74, 6) is -1.25. The molecule has 1 aliphatic carbocycles. The number of nitrogens with two attached hydrogens (primary N) is 1. The van der Waals surface area contributed by atoms with Crippen molar-refractivity contribution in [3.8, 4) is 0 Å². The van der Waals surface area contributed by atoms with E-state index in [0.717, 1.165) is 5.56 Å². The molecule has 1 aromatic heterocycles. The number of halogens is 1. The Morgan fingerprint density at radius 3 is 2.83 bits per heavy atom. The fourth-order valence-corrected chi connectivity index (χ4v) is 2.70. The minimum Gasteiger partial charge on any atom is -0.479 e. The van der Waals surface area contributed by atoms with Crippen LogP contribution in [0.2, 0.25) is 0 Å². The summed E-state index contributed by atoms with van der Waals surface area (Å²) >= 11 is 0. The third-order valence-electron chi connectivity index (χ3n) is 3.78. The molecule has 8 heteroatoms. The van der Waals surface area contributed by atoms with Crippen molar-refractivity contribution in [2.45, 2.75) is 18.8 Å². The van der Waals surface area contributed by atoms with Gasteiger partial charge in [0.25, 0.3) is 0 Å². The highest BCUT2D eigenvalue weighted by atomic mass is 19.1. The Hall–Kier alpha value is -3.03. The summed E-state index contributed by atoms with van der Waals surface area (Å²) in [5, 5.41) is 12.6. The molecule has 124 valence electrons. The average Bonchev–Trinajstić information content (AvgIpc) is 2.54. The highest BCUT2D eigenvalue weighted by Gasteiger charge is 2.27. The molecule has 0 fully saturated rings. The zero-order chi connectivity index (χ0) is 17.1. The van der Waals surface area contributed by atoms with Crippen molar-refractivity contribution < 1.29 is 19.1 Å². The Bertz CT molecular complexity index is 792. The predicted molar refractivity (Wildman–Crippen MR) is 84.0 cm³/mol. The molecule has 0 bridgehead atoms. The van der Waals surface area contributed by atoms with Gasteiger partial charge in [-0.25, -0.2) is 19.2 Å². The average molecular weight is 330 g/mol. The number of oxime groups is 1. The molecule has 0 amide bonds. The van der Waals surface area contributed by atoms with Crippen molar-refractivity contribution in [1.29, 1.82) is 0 Å². The molecule has 24 heavy (non-hydrogen) atoms. The quantitative estimate of drug-likeness (QED) is 0.826. The van der Waals surface area contributed by atoms with Crippen molar-refractivity contribution in [3.05, 3.63) is 53.1 Å². The van der Waals surface area contributed by atoms with Crippen LogP contribution in [0, 0.1) is 5.82 Å². The zero-order valence-corrected chi connectivity index (χ0v) is 12.6. The number of anilines is 1. The molecule has 1 heterocycles. The number of nitrogens with zero attached hydrogens (tertiary/aromatic N) is 3. The van der Waals surface area contributed by atoms with E-state index in [0.29, 0.717) is 29.8 Å². The lowest BCUT2D eigenvalue weighted by atomic mass is 9.82. The van der Waals surface area contributed by atoms with Crippen LogP contribution in [-0.2, 0) is 16.1 Å². The second kappa shape index (κ2) is 6.61. The summed E-state index contributed by atoms with van der Waals surface area (Å²) in [7, 11) is 0. The molecule has 1 atom stereocenters. The topological polar surface area (TPSA) is 111 Å². The molecule has 3 rings (SSSR count). The van der Waals surface area contributed by atoms with Crippen LogP contribution in [0.4, 0.5) is 10.3 Å². The van der Waals surface area contributed by atoms with Gasteiger partial charge in [-0.1, -0.05) is 17.3 Å². The summed E-state index contributed by atoms with van der Waals surface area (Å²) in [6.07, 6.45) is 2.67. The number of benzene rings is 1. The first-order valence-electron chi connectivity index (χ1n) is 7.31. The van der Waals surface area contributed by atoms with Crippen molar-refractivity contribution in [2.24, 2.45) is 5.16 Å². The van der Waals surface area contributed by atoms with Gasteiger partial charge in [0, 0.05) is 18.2 Å². The van der Waals surface area contributed by atoms with Gasteiger partial charge in [-0.05, 0) is 30.0 Å². The van der Waals surface area contributed by atoms with Crippen LogP contribution in [-0.4, -0.2) is 33.4 Å². The minimum absolute atomic E-state index is 0.0135. The lowest BCUT2D eigenvalue weighted by Crippen LogP contribution is -2.22. The maximum Gasteiger partial charge on any atom is 0.344 e. The lowest BCUT2D eigenvalue weighted by Gasteiger charge is -2.25. The molecular weight excluding hydrogens is 315 g/mol. The van der Waals surface area contributed by atoms with E-state index < -0.39 is 12.6 Å². The summed E-state index contributed by atoms with van der Waals surface area (Å²) < 4.78 is 13.1. The van der Waals surface area contributed by atoms with Crippen LogP contribution in [0.25, 0.3) is 0 Å². The van der Waals surface area contributed by atoms with Crippen molar-refractivity contribution in [3.63, 3.8) is 0 Å². The Balaban J connectivity index is 1.93. The van der Waals surface area contributed by atoms with Gasteiger partial charge in [0.05, 0.1) is 11.4 Å². The first-order chi connectivity index (χ1) is 11.5. The molecule has 2 aromatic rings. The molecule has 1 unspecified atom stereocenters. The number of fused-ring (bicyclic) bond motifs is 1. The number of carboxylic acids is 1. The number of carbonyl (C=O) groups is 1. The van der Waals surface area contributed by atoms with Gasteiger partial charge in [-0.15, -0.1) is 0 Å². The van der Waals surface area contributed by atoms with E-state index in [9.17, 15) is 9.18 Å². The molecule has 7 nitrogen and oxygen atoms in total. The number of carboxylic acid groups (broad SMARTS) is 1. The standard InChI is InChI=1S/C16H15FN4O3/c17-11-3-1-9(2-4-11)10-5-13-12(7-19-16(18)20-13)14(6-10)21-24-8-15(22)23/h1-4,7,10H,5-6,8H2,(H,22,23)(H2,18,19,20). The molecule has 0 saturated heterocycles. The van der Waals surface area contributed by atoms with Gasteiger partial charge in [0.2, 0.25) is 12.6 Å². The van der Waals surface area contributed by atoms with Gasteiger partial charge in [0.15, 0.2) is 0 Å². The molecule has 0 saturated carbocycles. The number of hydrogen-bond donors (Lipinski definition) is 2. The smallest absolute Gasteiger partial charge is 0.344 e. The van der Waals surface area contributed by atoms with Crippen LogP contribution < -0.4 is 5.73 Å². The third-order valence-corrected chi connectivity index (χ3v) is 3.78. The van der Waals surface area contributed by atoms with Crippen LogP contribution >= 0.6 is 0 Å². The van der Waals surface area contributed by atoms with Crippen LogP contribution in [0.15, 0.2) is 35.6 Å². The molecule has 0 spiro atoms. The minimum atomic E-state index is -1.11. The number of nitrogen functional groups attached to an aromatic ring is 1. The Kier molecular flexibility index (Phi) is 4.37. The van der Waals surface area contributed by atoms with E-state index in [-0.39, 0.29) is 17.7 Å². The zero-order valence-electron chi connectivity index (χ0n) is 12.6. The van der Waals surface area contributed by atoms with Gasteiger partial charge < -0.3 is 15.7 Å². The molecule has 3 N–H and O–H groups in total. The van der Waals surface area contributed by atoms with Crippen molar-refractivity contribution in [2.75, 3.05) is 12.3 Å². The third kappa shape index (κ3) is 3.48. The highest BCUT2D eigenvalue weighted by molar-refractivity contribution is 6.02. The summed E-state index contributed by atoms with van der Waals surface area (Å²) in [4.78, 5) is 23.6. The fraction of sp³-hybridized carbons (Fsp3) is 0.250. The fourth-order valence-electron chi connectivity index (χ4n) is 2.70. The van der Waals surface area contributed by atoms with E-state index in [1.807, 2.05) is 0 Å². The van der Waals surface area contributed by atoms with Gasteiger partial charge in [-0.2, -0.15) is 0 Å². The first-order valence-corrected chi connectivity index (χ1v) is 7.31. The SMILES string of the molecule is Nc1ncc2c(n1)CC(c1ccc(F)cc1)CC2=NOCC(=O)O. The van der Waals surface area contributed by atoms with Gasteiger partial charge >= 0.3 is 5.97 Å². The largest absolute Gasteiger partial charge is 0.479 e. The maximum absolute atomic E-state index is 13.1. The van der Waals surface area contributed by atoms with Crippen molar-refractivity contribution >= 4 is 17.6 Å². The number of hydrogen-bond acceptors (Lipinski definition) is 6. The van der Waals surface area contributed by atoms with Gasteiger partial charge in [0.1, 0.15) is 5.82 Å².